The van der Waals surface area contributed by atoms with Crippen molar-refractivity contribution in [3.63, 3.8) is 0 Å². The lowest BCUT2D eigenvalue weighted by molar-refractivity contribution is 0.0691. The number of halogens is 1. The van der Waals surface area contributed by atoms with Gasteiger partial charge < -0.3 is 9.52 Å². The largest absolute Gasteiger partial charge is 0.476 e. The van der Waals surface area contributed by atoms with Crippen LogP contribution in [0.15, 0.2) is 29.0 Å². The number of benzene rings is 1. The van der Waals surface area contributed by atoms with Gasteiger partial charge >= 0.3 is 5.97 Å². The molecule has 0 fully saturated rings. The summed E-state index contributed by atoms with van der Waals surface area (Å²) in [5.74, 6) is -0.893. The molecule has 82 valence electrons. The minimum atomic E-state index is -1.12. The number of nitrogens with zero attached hydrogens (tertiary/aromatic N) is 1. The molecule has 0 radical (unpaired) electrons. The van der Waals surface area contributed by atoms with Crippen molar-refractivity contribution in [3.05, 3.63) is 40.9 Å². The maximum absolute atomic E-state index is 10.9. The van der Waals surface area contributed by atoms with Crippen LogP contribution < -0.4 is 0 Å². The summed E-state index contributed by atoms with van der Waals surface area (Å²) >= 11 is 5.95. The van der Waals surface area contributed by atoms with Crippen molar-refractivity contribution in [1.29, 1.82) is 0 Å². The highest BCUT2D eigenvalue weighted by Crippen LogP contribution is 2.30. The third-order valence-corrected chi connectivity index (χ3v) is 2.69. The average Bonchev–Trinajstić information content (AvgIpc) is 2.70. The van der Waals surface area contributed by atoms with Crippen LogP contribution in [0.25, 0.3) is 11.3 Å². The Labute approximate surface area is 96.5 Å². The van der Waals surface area contributed by atoms with Gasteiger partial charge in [-0.3, -0.25) is 0 Å². The van der Waals surface area contributed by atoms with Crippen molar-refractivity contribution in [1.82, 2.24) is 4.98 Å². The van der Waals surface area contributed by atoms with E-state index in [2.05, 4.69) is 4.98 Å². The SMILES string of the molecule is Cc1c(Cl)cccc1-c1ocnc1C(=O)O. The van der Waals surface area contributed by atoms with Gasteiger partial charge in [-0.25, -0.2) is 9.78 Å². The van der Waals surface area contributed by atoms with E-state index in [1.807, 2.05) is 0 Å². The van der Waals surface area contributed by atoms with Crippen LogP contribution in [0, 0.1) is 6.92 Å². The Kier molecular flexibility index (Phi) is 2.66. The Hall–Kier alpha value is -1.81. The zero-order valence-electron chi connectivity index (χ0n) is 8.40. The lowest BCUT2D eigenvalue weighted by Crippen LogP contribution is -1.99. The molecule has 5 heteroatoms. The number of carboxylic acids is 1. The maximum atomic E-state index is 10.9. The Bertz CT molecular complexity index is 548. The number of hydrogen-bond acceptors (Lipinski definition) is 3. The van der Waals surface area contributed by atoms with E-state index in [0.717, 1.165) is 12.0 Å². The Balaban J connectivity index is 2.63. The zero-order valence-corrected chi connectivity index (χ0v) is 9.15. The molecule has 0 aliphatic heterocycles. The molecule has 2 aromatic rings. The van der Waals surface area contributed by atoms with Crippen molar-refractivity contribution in [2.75, 3.05) is 0 Å². The molecule has 0 bridgehead atoms. The topological polar surface area (TPSA) is 63.3 Å². The molecule has 1 aromatic carbocycles. The van der Waals surface area contributed by atoms with E-state index in [1.54, 1.807) is 25.1 Å². The van der Waals surface area contributed by atoms with Crippen molar-refractivity contribution in [2.24, 2.45) is 0 Å². The first-order valence-corrected chi connectivity index (χ1v) is 4.91. The van der Waals surface area contributed by atoms with Crippen molar-refractivity contribution >= 4 is 17.6 Å². The van der Waals surface area contributed by atoms with Gasteiger partial charge in [0.15, 0.2) is 17.8 Å². The standard InChI is InChI=1S/C11H8ClNO3/c1-6-7(3-2-4-8(6)12)10-9(11(14)15)13-5-16-10/h2-5H,1H3,(H,14,15). The predicted molar refractivity (Wildman–Crippen MR) is 58.6 cm³/mol. The van der Waals surface area contributed by atoms with Crippen molar-refractivity contribution in [2.45, 2.75) is 6.92 Å². The lowest BCUT2D eigenvalue weighted by atomic mass is 10.1. The highest BCUT2D eigenvalue weighted by atomic mass is 35.5. The maximum Gasteiger partial charge on any atom is 0.358 e. The fraction of sp³-hybridized carbons (Fsp3) is 0.0909. The van der Waals surface area contributed by atoms with Crippen LogP contribution in [0.5, 0.6) is 0 Å². The van der Waals surface area contributed by atoms with Gasteiger partial charge in [0.05, 0.1) is 0 Å². The van der Waals surface area contributed by atoms with Gasteiger partial charge in [-0.2, -0.15) is 0 Å². The summed E-state index contributed by atoms with van der Waals surface area (Å²) < 4.78 is 5.10. The monoisotopic (exact) mass is 237 g/mol. The van der Waals surface area contributed by atoms with Crippen LogP contribution in [-0.4, -0.2) is 16.1 Å². The molecule has 0 unspecified atom stereocenters. The molecule has 0 amide bonds. The first-order valence-electron chi connectivity index (χ1n) is 4.53. The van der Waals surface area contributed by atoms with E-state index in [4.69, 9.17) is 21.1 Å². The van der Waals surface area contributed by atoms with E-state index in [1.165, 1.54) is 0 Å². The summed E-state index contributed by atoms with van der Waals surface area (Å²) in [6, 6.07) is 5.21. The number of carboxylic acid groups (broad SMARTS) is 1. The predicted octanol–water partition coefficient (Wildman–Crippen LogP) is 3.00. The summed E-state index contributed by atoms with van der Waals surface area (Å²) in [7, 11) is 0. The number of oxazole rings is 1. The third-order valence-electron chi connectivity index (χ3n) is 2.28. The van der Waals surface area contributed by atoms with Crippen LogP contribution in [0.2, 0.25) is 5.02 Å². The number of hydrogen-bond donors (Lipinski definition) is 1. The molecule has 0 saturated heterocycles. The summed E-state index contributed by atoms with van der Waals surface area (Å²) in [4.78, 5) is 14.6. The van der Waals surface area contributed by atoms with Gasteiger partial charge in [-0.05, 0) is 18.6 Å². The van der Waals surface area contributed by atoms with Crippen molar-refractivity contribution in [3.8, 4) is 11.3 Å². The Morgan fingerprint density at radius 3 is 2.94 bits per heavy atom. The molecular weight excluding hydrogens is 230 g/mol. The molecule has 4 nitrogen and oxygen atoms in total. The van der Waals surface area contributed by atoms with Gasteiger partial charge in [0, 0.05) is 10.6 Å². The molecule has 1 N–H and O–H groups in total. The van der Waals surface area contributed by atoms with Gasteiger partial charge in [0.2, 0.25) is 0 Å². The second-order valence-electron chi connectivity index (χ2n) is 3.25. The second-order valence-corrected chi connectivity index (χ2v) is 3.65. The summed E-state index contributed by atoms with van der Waals surface area (Å²) in [5.41, 5.74) is 1.30. The Morgan fingerprint density at radius 2 is 2.25 bits per heavy atom. The van der Waals surface area contributed by atoms with E-state index in [0.29, 0.717) is 10.6 Å². The smallest absolute Gasteiger partial charge is 0.358 e. The molecule has 1 heterocycles. The molecule has 0 atom stereocenters. The summed E-state index contributed by atoms with van der Waals surface area (Å²) in [6.07, 6.45) is 1.11. The van der Waals surface area contributed by atoms with Gasteiger partial charge in [-0.15, -0.1) is 0 Å². The lowest BCUT2D eigenvalue weighted by Gasteiger charge is -2.04. The van der Waals surface area contributed by atoms with E-state index in [9.17, 15) is 4.79 Å². The fourth-order valence-electron chi connectivity index (χ4n) is 1.44. The average molecular weight is 238 g/mol. The quantitative estimate of drug-likeness (QED) is 0.872. The summed E-state index contributed by atoms with van der Waals surface area (Å²) in [6.45, 7) is 1.80. The summed E-state index contributed by atoms with van der Waals surface area (Å²) in [5, 5.41) is 9.48. The van der Waals surface area contributed by atoms with E-state index < -0.39 is 5.97 Å². The number of aromatic carboxylic acids is 1. The molecule has 0 saturated carbocycles. The van der Waals surface area contributed by atoms with Gasteiger partial charge in [0.1, 0.15) is 0 Å². The number of carbonyl (C=O) groups is 1. The molecule has 0 aliphatic rings. The van der Waals surface area contributed by atoms with E-state index in [-0.39, 0.29) is 11.5 Å². The minimum Gasteiger partial charge on any atom is -0.476 e. The second kappa shape index (κ2) is 3.98. The number of aromatic nitrogens is 1. The third kappa shape index (κ3) is 1.67. The Morgan fingerprint density at radius 1 is 1.50 bits per heavy atom. The van der Waals surface area contributed by atoms with E-state index >= 15 is 0 Å². The van der Waals surface area contributed by atoms with Crippen LogP contribution in [-0.2, 0) is 0 Å². The molecule has 1 aromatic heterocycles. The van der Waals surface area contributed by atoms with Gasteiger partial charge in [0.25, 0.3) is 0 Å². The fourth-order valence-corrected chi connectivity index (χ4v) is 1.62. The van der Waals surface area contributed by atoms with Gasteiger partial charge in [-0.1, -0.05) is 23.7 Å². The molecule has 0 spiro atoms. The highest BCUT2D eigenvalue weighted by Gasteiger charge is 2.19. The molecule has 0 aliphatic carbocycles. The minimum absolute atomic E-state index is 0.106. The van der Waals surface area contributed by atoms with Crippen LogP contribution in [0.4, 0.5) is 0 Å². The number of rotatable bonds is 2. The van der Waals surface area contributed by atoms with Crippen molar-refractivity contribution < 1.29 is 14.3 Å². The molecule has 2 rings (SSSR count). The molecular formula is C11H8ClNO3. The first-order chi connectivity index (χ1) is 7.61. The highest BCUT2D eigenvalue weighted by molar-refractivity contribution is 6.31. The van der Waals surface area contributed by atoms with Crippen LogP contribution in [0.1, 0.15) is 16.1 Å². The normalized spacial score (nSPS) is 10.4. The van der Waals surface area contributed by atoms with Crippen LogP contribution in [0.3, 0.4) is 0 Å². The first kappa shape index (κ1) is 10.7. The zero-order chi connectivity index (χ0) is 11.7. The molecule has 16 heavy (non-hydrogen) atoms. The van der Waals surface area contributed by atoms with Crippen LogP contribution >= 0.6 is 11.6 Å².